The van der Waals surface area contributed by atoms with E-state index in [1.54, 1.807) is 46.2 Å². The maximum absolute atomic E-state index is 12.8. The molecule has 0 aliphatic carbocycles. The van der Waals surface area contributed by atoms with Crippen LogP contribution in [0.1, 0.15) is 135 Å². The number of carbonyl (C=O) groups excluding carboxylic acids is 6. The fraction of sp³-hybridized carbons (Fsp3) is 0.692. The van der Waals surface area contributed by atoms with E-state index < -0.39 is 66.2 Å². The number of piperidine rings is 2. The first kappa shape index (κ1) is 48.4. The zero-order chi connectivity index (χ0) is 43.3. The van der Waals surface area contributed by atoms with Crippen LogP contribution < -0.4 is 0 Å². The quantitative estimate of drug-likeness (QED) is 0.174. The molecule has 314 valence electrons. The summed E-state index contributed by atoms with van der Waals surface area (Å²) in [4.78, 5) is 72.5. The highest BCUT2D eigenvalue weighted by molar-refractivity contribution is 9.10. The molecule has 0 bridgehead atoms. The summed E-state index contributed by atoms with van der Waals surface area (Å²) in [7, 11) is -1.65. The predicted octanol–water partition coefficient (Wildman–Crippen LogP) is 8.07. The van der Waals surface area contributed by atoms with Gasteiger partial charge in [-0.1, -0.05) is 43.6 Å². The van der Waals surface area contributed by atoms with Crippen molar-refractivity contribution in [3.63, 3.8) is 0 Å². The molecule has 4 heterocycles. The minimum absolute atomic E-state index is 0.107. The lowest BCUT2D eigenvalue weighted by atomic mass is 10.0. The molecule has 0 radical (unpaired) electrons. The van der Waals surface area contributed by atoms with E-state index >= 15 is 0 Å². The van der Waals surface area contributed by atoms with Crippen LogP contribution in [0.5, 0.6) is 0 Å². The molecule has 2 fully saturated rings. The number of aromatic amines is 1. The third-order valence-corrected chi connectivity index (χ3v) is 15.0. The maximum atomic E-state index is 12.8. The van der Waals surface area contributed by atoms with Gasteiger partial charge in [-0.25, -0.2) is 9.59 Å². The summed E-state index contributed by atoms with van der Waals surface area (Å²) >= 11 is 3.12. The van der Waals surface area contributed by atoms with E-state index in [4.69, 9.17) is 13.9 Å². The lowest BCUT2D eigenvalue weighted by Crippen LogP contribution is -2.51. The normalized spacial score (nSPS) is 18.2. The number of aryl methyl sites for hydroxylation is 3. The number of rotatable bonds is 5. The molecule has 2 aliphatic heterocycles. The Bertz CT molecular complexity index is 1760. The SMILES string of the molecule is CC(C)(C)OC(=O)N1C(=O)CCC(Br)C1=O.CCc1c(C)nn(C2CCC(=O)N(C(=O)OC(C)(C)C)C2=O)c1C.Cc1n[nH]c(C)c1CO[Si](C)(C)C(C)(C)C. The number of ether oxygens (including phenoxy) is 2. The zero-order valence-electron chi connectivity index (χ0n) is 36.2. The number of hydrogen-bond donors (Lipinski definition) is 1. The van der Waals surface area contributed by atoms with E-state index in [1.807, 2.05) is 34.6 Å². The first-order valence-electron chi connectivity index (χ1n) is 19.0. The molecule has 17 heteroatoms. The van der Waals surface area contributed by atoms with Gasteiger partial charge in [-0.05, 0) is 112 Å². The van der Waals surface area contributed by atoms with Gasteiger partial charge in [0.25, 0.3) is 11.8 Å². The molecule has 2 saturated heterocycles. The summed E-state index contributed by atoms with van der Waals surface area (Å²) in [5.74, 6) is -2.16. The van der Waals surface area contributed by atoms with Gasteiger partial charge in [-0.15, -0.1) is 0 Å². The number of hydrogen-bond acceptors (Lipinski definition) is 11. The molecule has 2 aliphatic rings. The summed E-state index contributed by atoms with van der Waals surface area (Å²) in [6, 6.07) is -0.658. The first-order chi connectivity index (χ1) is 25.4. The van der Waals surface area contributed by atoms with Gasteiger partial charge in [-0.2, -0.15) is 20.0 Å². The van der Waals surface area contributed by atoms with Crippen molar-refractivity contribution in [2.24, 2.45) is 0 Å². The summed E-state index contributed by atoms with van der Waals surface area (Å²) in [6.07, 6.45) is 0.0222. The number of amides is 6. The van der Waals surface area contributed by atoms with Crippen LogP contribution in [0, 0.1) is 27.7 Å². The highest BCUT2D eigenvalue weighted by Crippen LogP contribution is 2.37. The number of imide groups is 6. The second-order valence-electron chi connectivity index (χ2n) is 17.6. The highest BCUT2D eigenvalue weighted by atomic mass is 79.9. The van der Waals surface area contributed by atoms with Gasteiger partial charge in [0.1, 0.15) is 17.2 Å². The molecular weight excluding hydrogens is 804 g/mol. The molecule has 0 spiro atoms. The molecule has 0 saturated carbocycles. The molecule has 2 atom stereocenters. The minimum atomic E-state index is -1.65. The maximum Gasteiger partial charge on any atom is 0.424 e. The van der Waals surface area contributed by atoms with Crippen molar-refractivity contribution in [3.8, 4) is 0 Å². The van der Waals surface area contributed by atoms with Gasteiger partial charge in [-0.3, -0.25) is 29.0 Å². The smallest absolute Gasteiger partial charge is 0.424 e. The Hall–Kier alpha value is -3.70. The molecule has 15 nitrogen and oxygen atoms in total. The molecule has 2 unspecified atom stereocenters. The molecule has 4 rings (SSSR count). The van der Waals surface area contributed by atoms with Gasteiger partial charge in [0, 0.05) is 29.8 Å². The fourth-order valence-electron chi connectivity index (χ4n) is 5.51. The predicted molar refractivity (Wildman–Crippen MR) is 218 cm³/mol. The molecule has 56 heavy (non-hydrogen) atoms. The minimum Gasteiger partial charge on any atom is -0.443 e. The standard InChI is InChI=1S/C17H25N3O4.C12H24N2OSi.C10H14BrNO4/c1-7-12-10(2)18-20(11(12)3)13-8-9-14(21)19(15(13)22)16(23)24-17(4,5)6;1-9-11(10(2)14-13-9)8-15-16(6,7)12(3,4)5;1-10(2,3)16-9(15)12-7(13)5-4-6(11)8(12)14/h13H,7-9H2,1-6H3;8H2,1-7H3,(H,13,14);6H,4-5H2,1-3H3. The first-order valence-corrected chi connectivity index (χ1v) is 22.8. The number of nitrogens with zero attached hydrogens (tertiary/aromatic N) is 5. The number of alkyl halides is 1. The van der Waals surface area contributed by atoms with Crippen LogP contribution in [0.15, 0.2) is 0 Å². The van der Waals surface area contributed by atoms with Crippen LogP contribution in [0.4, 0.5) is 9.59 Å². The van der Waals surface area contributed by atoms with Crippen LogP contribution in [-0.2, 0) is 46.1 Å². The van der Waals surface area contributed by atoms with E-state index in [9.17, 15) is 28.8 Å². The monoisotopic (exact) mass is 866 g/mol. The highest BCUT2D eigenvalue weighted by Gasteiger charge is 2.43. The van der Waals surface area contributed by atoms with E-state index in [0.29, 0.717) is 29.2 Å². The average molecular weight is 868 g/mol. The van der Waals surface area contributed by atoms with Gasteiger partial charge >= 0.3 is 12.2 Å². The second kappa shape index (κ2) is 18.7. The average Bonchev–Trinajstić information content (AvgIpc) is 3.51. The number of H-pyrrole nitrogens is 1. The Morgan fingerprint density at radius 3 is 1.68 bits per heavy atom. The number of aromatic nitrogens is 4. The lowest BCUT2D eigenvalue weighted by molar-refractivity contribution is -0.150. The molecular formula is C39H63BrN6O9Si. The Morgan fingerprint density at radius 1 is 0.786 bits per heavy atom. The second-order valence-corrected chi connectivity index (χ2v) is 23.5. The number of carbonyl (C=O) groups is 6. The van der Waals surface area contributed by atoms with Crippen molar-refractivity contribution in [2.75, 3.05) is 0 Å². The van der Waals surface area contributed by atoms with E-state index in [1.165, 1.54) is 5.56 Å². The number of nitrogens with one attached hydrogen (secondary N) is 1. The van der Waals surface area contributed by atoms with Gasteiger partial charge in [0.05, 0.1) is 22.8 Å². The summed E-state index contributed by atoms with van der Waals surface area (Å²) in [5, 5.41) is 11.9. The molecule has 1 N–H and O–H groups in total. The van der Waals surface area contributed by atoms with Gasteiger partial charge in [0.15, 0.2) is 8.32 Å². The van der Waals surface area contributed by atoms with Crippen molar-refractivity contribution >= 4 is 60.1 Å². The van der Waals surface area contributed by atoms with Crippen LogP contribution >= 0.6 is 15.9 Å². The van der Waals surface area contributed by atoms with Crippen LogP contribution in [0.25, 0.3) is 0 Å². The fourth-order valence-corrected chi connectivity index (χ4v) is 6.88. The molecule has 0 aromatic carbocycles. The van der Waals surface area contributed by atoms with Crippen LogP contribution in [-0.4, -0.2) is 89.9 Å². The van der Waals surface area contributed by atoms with Crippen LogP contribution in [0.2, 0.25) is 18.1 Å². The third kappa shape index (κ3) is 12.7. The zero-order valence-corrected chi connectivity index (χ0v) is 38.8. The van der Waals surface area contributed by atoms with Crippen molar-refractivity contribution in [3.05, 3.63) is 33.9 Å². The Kier molecular flexibility index (Phi) is 16.2. The largest absolute Gasteiger partial charge is 0.443 e. The number of halogens is 1. The topological polar surface area (TPSA) is 183 Å². The molecule has 2 aromatic rings. The lowest BCUT2D eigenvalue weighted by Gasteiger charge is -2.36. The van der Waals surface area contributed by atoms with E-state index in [2.05, 4.69) is 65.1 Å². The summed E-state index contributed by atoms with van der Waals surface area (Å²) in [6.45, 7) is 32.0. The number of likely N-dealkylation sites (tertiary alicyclic amines) is 2. The van der Waals surface area contributed by atoms with E-state index in [-0.39, 0.29) is 17.9 Å². The van der Waals surface area contributed by atoms with E-state index in [0.717, 1.165) is 34.8 Å². The van der Waals surface area contributed by atoms with Crippen molar-refractivity contribution < 1.29 is 42.7 Å². The summed E-state index contributed by atoms with van der Waals surface area (Å²) in [5.41, 5.74) is 4.73. The third-order valence-electron chi connectivity index (χ3n) is 9.68. The Balaban J connectivity index is 0.000000300. The molecule has 2 aromatic heterocycles. The van der Waals surface area contributed by atoms with Gasteiger partial charge in [0.2, 0.25) is 11.8 Å². The Morgan fingerprint density at radius 2 is 1.27 bits per heavy atom. The summed E-state index contributed by atoms with van der Waals surface area (Å²) < 4.78 is 18.0. The van der Waals surface area contributed by atoms with Gasteiger partial charge < -0.3 is 13.9 Å². The Labute approximate surface area is 341 Å². The molecule has 6 amide bonds. The van der Waals surface area contributed by atoms with Crippen LogP contribution in [0.3, 0.4) is 0 Å². The van der Waals surface area contributed by atoms with Crippen molar-refractivity contribution in [1.82, 2.24) is 29.8 Å². The van der Waals surface area contributed by atoms with Crippen molar-refractivity contribution in [1.29, 1.82) is 0 Å². The van der Waals surface area contributed by atoms with Crippen molar-refractivity contribution in [2.45, 2.75) is 176 Å².